The van der Waals surface area contributed by atoms with Crippen molar-refractivity contribution < 1.29 is 24.0 Å². The highest BCUT2D eigenvalue weighted by molar-refractivity contribution is 6.58. The van der Waals surface area contributed by atoms with Crippen molar-refractivity contribution in [2.75, 3.05) is 12.4 Å². The third kappa shape index (κ3) is 2.68. The SMILES string of the molecule is COC(=O)Nc1cccc(B(O)O)c1F. The Kier molecular flexibility index (Phi) is 3.65. The van der Waals surface area contributed by atoms with E-state index in [1.54, 1.807) is 0 Å². The van der Waals surface area contributed by atoms with Gasteiger partial charge in [0.05, 0.1) is 12.8 Å². The lowest BCUT2D eigenvalue weighted by Crippen LogP contribution is -2.33. The largest absolute Gasteiger partial charge is 0.491 e. The van der Waals surface area contributed by atoms with E-state index in [9.17, 15) is 9.18 Å². The molecule has 0 atom stereocenters. The van der Waals surface area contributed by atoms with Gasteiger partial charge in [0.2, 0.25) is 0 Å². The van der Waals surface area contributed by atoms with Crippen LogP contribution in [0.3, 0.4) is 0 Å². The summed E-state index contributed by atoms with van der Waals surface area (Å²) in [6.07, 6.45) is -0.835. The Labute approximate surface area is 85.6 Å². The molecular weight excluding hydrogens is 204 g/mol. The molecule has 3 N–H and O–H groups in total. The van der Waals surface area contributed by atoms with Crippen molar-refractivity contribution in [1.29, 1.82) is 0 Å². The van der Waals surface area contributed by atoms with Crippen LogP contribution in [-0.4, -0.2) is 30.4 Å². The summed E-state index contributed by atoms with van der Waals surface area (Å²) in [5, 5.41) is 19.7. The van der Waals surface area contributed by atoms with Gasteiger partial charge in [0, 0.05) is 5.46 Å². The molecule has 7 heteroatoms. The van der Waals surface area contributed by atoms with Crippen molar-refractivity contribution >= 4 is 24.4 Å². The molecule has 0 saturated heterocycles. The summed E-state index contributed by atoms with van der Waals surface area (Å²) < 4.78 is 17.7. The predicted molar refractivity (Wildman–Crippen MR) is 52.3 cm³/mol. The molecule has 0 unspecified atom stereocenters. The number of nitrogens with one attached hydrogen (secondary N) is 1. The maximum absolute atomic E-state index is 13.4. The maximum Gasteiger partial charge on any atom is 0.491 e. The molecule has 15 heavy (non-hydrogen) atoms. The predicted octanol–water partition coefficient (Wildman–Crippen LogP) is -0.316. The topological polar surface area (TPSA) is 78.8 Å². The molecule has 0 heterocycles. The van der Waals surface area contributed by atoms with Crippen molar-refractivity contribution in [3.63, 3.8) is 0 Å². The van der Waals surface area contributed by atoms with E-state index in [0.29, 0.717) is 0 Å². The van der Waals surface area contributed by atoms with Crippen LogP contribution in [0.2, 0.25) is 0 Å². The summed E-state index contributed by atoms with van der Waals surface area (Å²) >= 11 is 0. The molecule has 0 aliphatic heterocycles. The summed E-state index contributed by atoms with van der Waals surface area (Å²) in [7, 11) is -0.790. The molecule has 0 aliphatic carbocycles. The molecule has 0 fully saturated rings. The van der Waals surface area contributed by atoms with Crippen molar-refractivity contribution in [2.24, 2.45) is 0 Å². The van der Waals surface area contributed by atoms with Crippen molar-refractivity contribution in [1.82, 2.24) is 0 Å². The van der Waals surface area contributed by atoms with Crippen molar-refractivity contribution in [3.8, 4) is 0 Å². The van der Waals surface area contributed by atoms with Crippen LogP contribution in [0.5, 0.6) is 0 Å². The van der Waals surface area contributed by atoms with Gasteiger partial charge in [0.1, 0.15) is 5.82 Å². The minimum Gasteiger partial charge on any atom is -0.453 e. The number of halogens is 1. The average molecular weight is 213 g/mol. The number of amides is 1. The number of methoxy groups -OCH3 is 1. The Morgan fingerprint density at radius 1 is 1.53 bits per heavy atom. The van der Waals surface area contributed by atoms with E-state index >= 15 is 0 Å². The number of rotatable bonds is 2. The van der Waals surface area contributed by atoms with E-state index in [-0.39, 0.29) is 11.2 Å². The first-order valence-electron chi connectivity index (χ1n) is 4.05. The van der Waals surface area contributed by atoms with Gasteiger partial charge in [-0.15, -0.1) is 0 Å². The molecule has 1 rings (SSSR count). The summed E-state index contributed by atoms with van der Waals surface area (Å²) in [5.74, 6) is -0.905. The molecule has 0 bridgehead atoms. The number of benzene rings is 1. The van der Waals surface area contributed by atoms with Crippen molar-refractivity contribution in [3.05, 3.63) is 24.0 Å². The third-order valence-electron chi connectivity index (χ3n) is 1.73. The van der Waals surface area contributed by atoms with Gasteiger partial charge in [-0.3, -0.25) is 5.32 Å². The Morgan fingerprint density at radius 2 is 2.20 bits per heavy atom. The summed E-state index contributed by atoms with van der Waals surface area (Å²) in [4.78, 5) is 10.8. The van der Waals surface area contributed by atoms with E-state index < -0.39 is 19.0 Å². The van der Waals surface area contributed by atoms with Crippen LogP contribution in [0.1, 0.15) is 0 Å². The van der Waals surface area contributed by atoms with Gasteiger partial charge < -0.3 is 14.8 Å². The monoisotopic (exact) mass is 213 g/mol. The Morgan fingerprint density at radius 3 is 2.73 bits per heavy atom. The number of carbonyl (C=O) groups excluding carboxylic acids is 1. The molecule has 80 valence electrons. The van der Waals surface area contributed by atoms with E-state index in [2.05, 4.69) is 10.1 Å². The minimum atomic E-state index is -1.93. The second-order valence-electron chi connectivity index (χ2n) is 2.70. The zero-order valence-electron chi connectivity index (χ0n) is 7.90. The van der Waals surface area contributed by atoms with Crippen LogP contribution in [-0.2, 0) is 4.74 Å². The number of anilines is 1. The molecule has 1 aromatic carbocycles. The van der Waals surface area contributed by atoms with Crippen LogP contribution in [0.15, 0.2) is 18.2 Å². The van der Waals surface area contributed by atoms with Crippen LogP contribution in [0, 0.1) is 5.82 Å². The Bertz CT molecular complexity index is 372. The van der Waals surface area contributed by atoms with Gasteiger partial charge in [-0.25, -0.2) is 9.18 Å². The highest BCUT2D eigenvalue weighted by Crippen LogP contribution is 2.11. The normalized spacial score (nSPS) is 9.60. The Balaban J connectivity index is 2.99. The zero-order valence-corrected chi connectivity index (χ0v) is 7.90. The highest BCUT2D eigenvalue weighted by Gasteiger charge is 2.19. The molecule has 0 aliphatic rings. The molecule has 5 nitrogen and oxygen atoms in total. The highest BCUT2D eigenvalue weighted by atomic mass is 19.1. The number of hydrogen-bond donors (Lipinski definition) is 3. The average Bonchev–Trinajstić information content (AvgIpc) is 2.20. The van der Waals surface area contributed by atoms with Gasteiger partial charge in [-0.2, -0.15) is 0 Å². The molecule has 1 aromatic rings. The molecular formula is C8H9BFNO4. The standard InChI is InChI=1S/C8H9BFNO4/c1-15-8(12)11-6-4-2-3-5(7(6)10)9(13)14/h2-4,13-14H,1H3,(H,11,12). The summed E-state index contributed by atoms with van der Waals surface area (Å²) in [6, 6.07) is 3.85. The third-order valence-corrected chi connectivity index (χ3v) is 1.73. The maximum atomic E-state index is 13.4. The van der Waals surface area contributed by atoms with E-state index in [4.69, 9.17) is 10.0 Å². The fraction of sp³-hybridized carbons (Fsp3) is 0.125. The number of hydrogen-bond acceptors (Lipinski definition) is 4. The van der Waals surface area contributed by atoms with E-state index in [1.807, 2.05) is 0 Å². The van der Waals surface area contributed by atoms with Gasteiger partial charge in [-0.05, 0) is 6.07 Å². The molecule has 0 spiro atoms. The number of ether oxygens (including phenoxy) is 1. The van der Waals surface area contributed by atoms with Gasteiger partial charge in [-0.1, -0.05) is 12.1 Å². The second-order valence-corrected chi connectivity index (χ2v) is 2.70. The first-order valence-corrected chi connectivity index (χ1v) is 4.05. The summed E-state index contributed by atoms with van der Waals surface area (Å²) in [5.41, 5.74) is -0.489. The quantitative estimate of drug-likeness (QED) is 0.588. The molecule has 0 saturated carbocycles. The van der Waals surface area contributed by atoms with E-state index in [0.717, 1.165) is 7.11 Å². The number of carbonyl (C=O) groups is 1. The fourth-order valence-corrected chi connectivity index (χ4v) is 1.01. The van der Waals surface area contributed by atoms with Crippen molar-refractivity contribution in [2.45, 2.75) is 0 Å². The van der Waals surface area contributed by atoms with Gasteiger partial charge in [0.25, 0.3) is 0 Å². The molecule has 1 amide bonds. The van der Waals surface area contributed by atoms with Gasteiger partial charge in [0.15, 0.2) is 0 Å². The van der Waals surface area contributed by atoms with Crippen LogP contribution >= 0.6 is 0 Å². The lowest BCUT2D eigenvalue weighted by Gasteiger charge is -2.08. The lowest BCUT2D eigenvalue weighted by molar-refractivity contribution is 0.187. The van der Waals surface area contributed by atoms with Crippen LogP contribution < -0.4 is 10.8 Å². The van der Waals surface area contributed by atoms with Crippen LogP contribution in [0.25, 0.3) is 0 Å². The molecule has 0 aromatic heterocycles. The lowest BCUT2D eigenvalue weighted by atomic mass is 9.79. The zero-order chi connectivity index (χ0) is 11.4. The summed E-state index contributed by atoms with van der Waals surface area (Å²) in [6.45, 7) is 0. The fourth-order valence-electron chi connectivity index (χ4n) is 1.01. The minimum absolute atomic E-state index is 0.174. The first kappa shape index (κ1) is 11.5. The molecule has 0 radical (unpaired) electrons. The van der Waals surface area contributed by atoms with Crippen LogP contribution in [0.4, 0.5) is 14.9 Å². The smallest absolute Gasteiger partial charge is 0.453 e. The van der Waals surface area contributed by atoms with Gasteiger partial charge >= 0.3 is 13.2 Å². The Hall–Kier alpha value is -1.60. The second kappa shape index (κ2) is 4.76. The first-order chi connectivity index (χ1) is 7.06. The van der Waals surface area contributed by atoms with E-state index in [1.165, 1.54) is 18.2 Å².